The average molecular weight is 654 g/mol. The van der Waals surface area contributed by atoms with Crippen LogP contribution >= 0.6 is 0 Å². The Bertz CT molecular complexity index is 858. The summed E-state index contributed by atoms with van der Waals surface area (Å²) in [6, 6.07) is 0. The molecule has 19 heteroatoms. The molecule has 0 aromatic rings. The van der Waals surface area contributed by atoms with Gasteiger partial charge in [-0.3, -0.25) is 9.59 Å². The number of ketones is 2. The number of carbonyl (C=O) groups is 2. The molecule has 0 saturated heterocycles. The second kappa shape index (κ2) is 12.2. The number of carbonyl (C=O) groups excluding carboxylic acids is 2. The summed E-state index contributed by atoms with van der Waals surface area (Å²) >= 11 is 0. The Morgan fingerprint density at radius 2 is 0.667 bits per heavy atom. The SMILES string of the molecule is CC(C)(C)C([O-])=CC(=O)C(F)(F)C(F)(F)C(F)(F)F.CC(C)(C)C([O-])=CC(=O)C(F)(F)C(F)(F)C(F)(F)F.[Cu+2]. The van der Waals surface area contributed by atoms with Crippen molar-refractivity contribution < 1.29 is 98.3 Å². The smallest absolute Gasteiger partial charge is 0.875 e. The summed E-state index contributed by atoms with van der Waals surface area (Å²) in [5, 5.41) is 22.3. The quantitative estimate of drug-likeness (QED) is 0.168. The van der Waals surface area contributed by atoms with Crippen molar-refractivity contribution in [2.24, 2.45) is 10.8 Å². The number of allylic oxidation sites excluding steroid dienone is 4. The van der Waals surface area contributed by atoms with Crippen LogP contribution in [-0.4, -0.2) is 47.6 Å². The summed E-state index contributed by atoms with van der Waals surface area (Å²) in [5.74, 6) is -33.5. The maximum absolute atomic E-state index is 12.8. The van der Waals surface area contributed by atoms with Gasteiger partial charge in [-0.25, -0.2) is 0 Å². The summed E-state index contributed by atoms with van der Waals surface area (Å²) in [6.45, 7) is 7.08. The molecule has 0 spiro atoms. The van der Waals surface area contributed by atoms with E-state index in [1.165, 1.54) is 41.5 Å². The van der Waals surface area contributed by atoms with Crippen molar-refractivity contribution in [3.05, 3.63) is 23.7 Å². The van der Waals surface area contributed by atoms with Crippen LogP contribution in [0.1, 0.15) is 41.5 Å². The van der Waals surface area contributed by atoms with Crippen molar-refractivity contribution in [3.63, 3.8) is 0 Å². The second-order valence-electron chi connectivity index (χ2n) is 9.54. The van der Waals surface area contributed by atoms with E-state index in [1.807, 2.05) is 0 Å². The maximum Gasteiger partial charge on any atom is 2.00 e. The largest absolute Gasteiger partial charge is 2.00 e. The topological polar surface area (TPSA) is 80.3 Å². The van der Waals surface area contributed by atoms with Gasteiger partial charge in [0.15, 0.2) is 0 Å². The first-order valence-corrected chi connectivity index (χ1v) is 9.62. The molecule has 0 aromatic carbocycles. The van der Waals surface area contributed by atoms with Gasteiger partial charge in [0.25, 0.3) is 0 Å². The number of hydrogen-bond acceptors (Lipinski definition) is 4. The first kappa shape index (κ1) is 41.4. The third-order valence-corrected chi connectivity index (χ3v) is 4.12. The Morgan fingerprint density at radius 1 is 0.487 bits per heavy atom. The molecular weight excluding hydrogens is 634 g/mol. The van der Waals surface area contributed by atoms with E-state index in [0.717, 1.165) is 0 Å². The van der Waals surface area contributed by atoms with E-state index >= 15 is 0 Å². The number of alkyl halides is 14. The molecule has 4 nitrogen and oxygen atoms in total. The van der Waals surface area contributed by atoms with Crippen LogP contribution in [0, 0.1) is 10.8 Å². The molecule has 39 heavy (non-hydrogen) atoms. The van der Waals surface area contributed by atoms with Crippen LogP contribution in [0.5, 0.6) is 0 Å². The van der Waals surface area contributed by atoms with Gasteiger partial charge in [0, 0.05) is 0 Å². The fourth-order valence-corrected chi connectivity index (χ4v) is 1.52. The van der Waals surface area contributed by atoms with Crippen LogP contribution in [0.25, 0.3) is 0 Å². The molecular formula is C20H20CuF14O4. The van der Waals surface area contributed by atoms with Gasteiger partial charge in [-0.2, -0.15) is 61.5 Å². The third-order valence-electron chi connectivity index (χ3n) is 4.12. The molecule has 1 radical (unpaired) electrons. The van der Waals surface area contributed by atoms with Crippen LogP contribution in [0.15, 0.2) is 23.7 Å². The summed E-state index contributed by atoms with van der Waals surface area (Å²) in [5.41, 5.74) is -2.72. The molecule has 0 amide bonds. The van der Waals surface area contributed by atoms with E-state index in [9.17, 15) is 81.3 Å². The standard InChI is InChI=1S/2C10H11F7O2.Cu/c2*1-7(2,3)5(18)4-6(19)8(11,12)9(13,14)10(15,16)17;/h2*4,18H,1-3H3;/q;;+2/p-2. The Morgan fingerprint density at radius 3 is 0.795 bits per heavy atom. The van der Waals surface area contributed by atoms with Crippen LogP contribution < -0.4 is 10.2 Å². The predicted molar refractivity (Wildman–Crippen MR) is 97.0 cm³/mol. The predicted octanol–water partition coefficient (Wildman–Crippen LogP) is 5.35. The summed E-state index contributed by atoms with van der Waals surface area (Å²) in [7, 11) is 0. The van der Waals surface area contributed by atoms with Gasteiger partial charge in [0.2, 0.25) is 11.6 Å². The third kappa shape index (κ3) is 9.53. The van der Waals surface area contributed by atoms with Crippen molar-refractivity contribution in [2.75, 3.05) is 0 Å². The molecule has 0 aliphatic rings. The Labute approximate surface area is 222 Å². The van der Waals surface area contributed by atoms with Gasteiger partial charge in [0.1, 0.15) is 0 Å². The van der Waals surface area contributed by atoms with Crippen LogP contribution in [0.3, 0.4) is 0 Å². The fraction of sp³-hybridized carbons (Fsp3) is 0.700. The van der Waals surface area contributed by atoms with Gasteiger partial charge in [-0.05, 0) is 23.0 Å². The molecule has 233 valence electrons. The summed E-state index contributed by atoms with van der Waals surface area (Å²) in [4.78, 5) is 21.6. The van der Waals surface area contributed by atoms with E-state index < -0.39 is 82.1 Å². The molecule has 0 saturated carbocycles. The molecule has 0 heterocycles. The minimum atomic E-state index is -6.61. The molecule has 0 fully saturated rings. The second-order valence-corrected chi connectivity index (χ2v) is 9.54. The average Bonchev–Trinajstić information content (AvgIpc) is 2.64. The Balaban J connectivity index is -0.000000648. The number of hydrogen-bond donors (Lipinski definition) is 0. The molecule has 0 unspecified atom stereocenters. The number of rotatable bonds is 6. The monoisotopic (exact) mass is 653 g/mol. The number of halogens is 14. The van der Waals surface area contributed by atoms with E-state index in [1.54, 1.807) is 0 Å². The van der Waals surface area contributed by atoms with Gasteiger partial charge in [0.05, 0.1) is 0 Å². The molecule has 0 aliphatic heterocycles. The van der Waals surface area contributed by atoms with Gasteiger partial charge < -0.3 is 10.2 Å². The Hall–Kier alpha value is -2.04. The van der Waals surface area contributed by atoms with Gasteiger partial charge in [-0.1, -0.05) is 41.5 Å². The molecule has 0 atom stereocenters. The first-order valence-electron chi connectivity index (χ1n) is 9.62. The zero-order chi connectivity index (χ0) is 31.7. The summed E-state index contributed by atoms with van der Waals surface area (Å²) < 4.78 is 172. The molecule has 0 bridgehead atoms. The van der Waals surface area contributed by atoms with E-state index in [-0.39, 0.29) is 17.1 Å². The van der Waals surface area contributed by atoms with Crippen molar-refractivity contribution >= 4 is 11.6 Å². The van der Waals surface area contributed by atoms with E-state index in [4.69, 9.17) is 0 Å². The maximum atomic E-state index is 12.8. The minimum Gasteiger partial charge on any atom is -0.875 e. The molecule has 0 N–H and O–H groups in total. The van der Waals surface area contributed by atoms with Crippen molar-refractivity contribution in [1.82, 2.24) is 0 Å². The summed E-state index contributed by atoms with van der Waals surface area (Å²) in [6.07, 6.45) is -14.1. The zero-order valence-electron chi connectivity index (χ0n) is 20.4. The fourth-order valence-electron chi connectivity index (χ4n) is 1.52. The molecule has 0 rings (SSSR count). The van der Waals surface area contributed by atoms with Gasteiger partial charge >= 0.3 is 53.1 Å². The van der Waals surface area contributed by atoms with Crippen molar-refractivity contribution in [2.45, 2.75) is 77.6 Å². The van der Waals surface area contributed by atoms with Crippen LogP contribution in [0.2, 0.25) is 0 Å². The van der Waals surface area contributed by atoms with Crippen molar-refractivity contribution in [1.29, 1.82) is 0 Å². The molecule has 0 aromatic heterocycles. The van der Waals surface area contributed by atoms with Crippen molar-refractivity contribution in [3.8, 4) is 0 Å². The van der Waals surface area contributed by atoms with Crippen LogP contribution in [0.4, 0.5) is 61.5 Å². The molecule has 0 aliphatic carbocycles. The minimum absolute atomic E-state index is 0. The van der Waals surface area contributed by atoms with E-state index in [2.05, 4.69) is 0 Å². The Kier molecular flexibility index (Phi) is 13.0. The van der Waals surface area contributed by atoms with Gasteiger partial charge in [-0.15, -0.1) is 11.5 Å². The zero-order valence-corrected chi connectivity index (χ0v) is 21.3. The van der Waals surface area contributed by atoms with Crippen LogP contribution in [-0.2, 0) is 26.7 Å². The normalized spacial score (nSPS) is 15.2. The van der Waals surface area contributed by atoms with E-state index in [0.29, 0.717) is 0 Å². The first-order chi connectivity index (χ1) is 16.1.